The number of hydrogen-bond donors (Lipinski definition) is 0. The number of ether oxygens (including phenoxy) is 1. The molecule has 1 fully saturated rings. The van der Waals surface area contributed by atoms with E-state index in [-0.39, 0.29) is 5.60 Å². The number of nitrogens with zero attached hydrogens (tertiary/aromatic N) is 1. The van der Waals surface area contributed by atoms with Crippen LogP contribution in [0.15, 0.2) is 0 Å². The highest BCUT2D eigenvalue weighted by molar-refractivity contribution is 9.09. The summed E-state index contributed by atoms with van der Waals surface area (Å²) in [5.41, 5.74) is 0.0340. The SMILES string of the molecule is COC(C)(C)CCN1CCC(CBr)CC1. The third kappa shape index (κ3) is 4.83. The van der Waals surface area contributed by atoms with Crippen molar-refractivity contribution < 1.29 is 4.74 Å². The first-order chi connectivity index (χ1) is 7.07. The first kappa shape index (κ1) is 13.5. The van der Waals surface area contributed by atoms with Crippen LogP contribution in [-0.4, -0.2) is 42.6 Å². The minimum Gasteiger partial charge on any atom is -0.379 e. The average Bonchev–Trinajstić information content (AvgIpc) is 2.27. The van der Waals surface area contributed by atoms with Crippen molar-refractivity contribution >= 4 is 15.9 Å². The van der Waals surface area contributed by atoms with Gasteiger partial charge in [-0.3, -0.25) is 0 Å². The Bertz CT molecular complexity index is 176. The van der Waals surface area contributed by atoms with Gasteiger partial charge in [0.05, 0.1) is 5.60 Å². The molecule has 0 aromatic heterocycles. The Morgan fingerprint density at radius 1 is 1.33 bits per heavy atom. The summed E-state index contributed by atoms with van der Waals surface area (Å²) in [6.07, 6.45) is 3.82. The van der Waals surface area contributed by atoms with Crippen LogP contribution in [0.2, 0.25) is 0 Å². The summed E-state index contributed by atoms with van der Waals surface area (Å²) < 4.78 is 5.44. The van der Waals surface area contributed by atoms with Gasteiger partial charge in [0.2, 0.25) is 0 Å². The Balaban J connectivity index is 2.19. The lowest BCUT2D eigenvalue weighted by molar-refractivity contribution is 0.00519. The molecule has 0 spiro atoms. The van der Waals surface area contributed by atoms with Crippen LogP contribution < -0.4 is 0 Å². The van der Waals surface area contributed by atoms with E-state index < -0.39 is 0 Å². The Labute approximate surface area is 102 Å². The molecule has 0 radical (unpaired) electrons. The molecule has 0 amide bonds. The lowest BCUT2D eigenvalue weighted by Gasteiger charge is -2.33. The van der Waals surface area contributed by atoms with E-state index >= 15 is 0 Å². The van der Waals surface area contributed by atoms with Crippen molar-refractivity contribution in [1.29, 1.82) is 0 Å². The maximum absolute atomic E-state index is 5.44. The molecule has 1 aliphatic rings. The summed E-state index contributed by atoms with van der Waals surface area (Å²) in [5.74, 6) is 0.900. The van der Waals surface area contributed by atoms with E-state index in [0.29, 0.717) is 0 Å². The van der Waals surface area contributed by atoms with E-state index in [9.17, 15) is 0 Å². The van der Waals surface area contributed by atoms with Crippen LogP contribution in [0.5, 0.6) is 0 Å². The van der Waals surface area contributed by atoms with Crippen molar-refractivity contribution in [2.75, 3.05) is 32.1 Å². The molecular formula is C12H24BrNO. The number of piperidine rings is 1. The highest BCUT2D eigenvalue weighted by atomic mass is 79.9. The highest BCUT2D eigenvalue weighted by Crippen LogP contribution is 2.21. The number of alkyl halides is 1. The van der Waals surface area contributed by atoms with E-state index in [2.05, 4.69) is 34.7 Å². The Hall–Kier alpha value is 0.400. The fraction of sp³-hybridized carbons (Fsp3) is 1.00. The molecule has 1 aliphatic heterocycles. The summed E-state index contributed by atoms with van der Waals surface area (Å²) in [5, 5.41) is 1.17. The molecule has 0 atom stereocenters. The van der Waals surface area contributed by atoms with E-state index in [1.54, 1.807) is 7.11 Å². The number of halogens is 1. The van der Waals surface area contributed by atoms with Gasteiger partial charge in [-0.25, -0.2) is 0 Å². The molecule has 0 N–H and O–H groups in total. The Kier molecular flexibility index (Phi) is 5.58. The third-order valence-corrected chi connectivity index (χ3v) is 4.42. The molecule has 1 saturated heterocycles. The number of methoxy groups -OCH3 is 1. The van der Waals surface area contributed by atoms with E-state index in [1.807, 2.05) is 0 Å². The molecule has 90 valence electrons. The molecule has 0 aromatic carbocycles. The molecule has 0 aliphatic carbocycles. The summed E-state index contributed by atoms with van der Waals surface area (Å²) in [6, 6.07) is 0. The van der Waals surface area contributed by atoms with Gasteiger partial charge in [-0.05, 0) is 52.1 Å². The number of rotatable bonds is 5. The minimum absolute atomic E-state index is 0.0340. The predicted molar refractivity (Wildman–Crippen MR) is 68.7 cm³/mol. The average molecular weight is 278 g/mol. The maximum atomic E-state index is 5.44. The molecule has 0 unspecified atom stereocenters. The van der Waals surface area contributed by atoms with E-state index in [4.69, 9.17) is 4.74 Å². The zero-order valence-electron chi connectivity index (χ0n) is 10.3. The van der Waals surface area contributed by atoms with Gasteiger partial charge >= 0.3 is 0 Å². The van der Waals surface area contributed by atoms with Gasteiger partial charge in [0.25, 0.3) is 0 Å². The molecule has 2 nitrogen and oxygen atoms in total. The summed E-state index contributed by atoms with van der Waals surface area (Å²) in [4.78, 5) is 2.57. The van der Waals surface area contributed by atoms with E-state index in [1.165, 1.54) is 37.8 Å². The quantitative estimate of drug-likeness (QED) is 0.717. The second kappa shape index (κ2) is 6.21. The molecule has 0 saturated carbocycles. The lowest BCUT2D eigenvalue weighted by atomic mass is 9.98. The van der Waals surface area contributed by atoms with Gasteiger partial charge in [-0.15, -0.1) is 0 Å². The molecule has 3 heteroatoms. The van der Waals surface area contributed by atoms with E-state index in [0.717, 1.165) is 12.3 Å². The zero-order chi connectivity index (χ0) is 11.3. The van der Waals surface area contributed by atoms with Crippen molar-refractivity contribution in [2.45, 2.75) is 38.7 Å². The summed E-state index contributed by atoms with van der Waals surface area (Å²) in [6.45, 7) is 8.03. The smallest absolute Gasteiger partial charge is 0.0634 e. The van der Waals surface area contributed by atoms with Crippen molar-refractivity contribution in [3.05, 3.63) is 0 Å². The first-order valence-corrected chi connectivity index (χ1v) is 7.03. The second-order valence-corrected chi connectivity index (χ2v) is 5.80. The van der Waals surface area contributed by atoms with Gasteiger partial charge in [0, 0.05) is 19.0 Å². The Morgan fingerprint density at radius 2 is 1.93 bits per heavy atom. The zero-order valence-corrected chi connectivity index (χ0v) is 11.8. The largest absolute Gasteiger partial charge is 0.379 e. The van der Waals surface area contributed by atoms with Crippen LogP contribution in [-0.2, 0) is 4.74 Å². The minimum atomic E-state index is 0.0340. The van der Waals surface area contributed by atoms with Crippen LogP contribution in [0.4, 0.5) is 0 Å². The normalized spacial score (nSPS) is 20.8. The van der Waals surface area contributed by atoms with Gasteiger partial charge in [-0.2, -0.15) is 0 Å². The third-order valence-electron chi connectivity index (χ3n) is 3.51. The van der Waals surface area contributed by atoms with Crippen LogP contribution in [0.3, 0.4) is 0 Å². The van der Waals surface area contributed by atoms with Gasteiger partial charge < -0.3 is 9.64 Å². The maximum Gasteiger partial charge on any atom is 0.0634 e. The van der Waals surface area contributed by atoms with Gasteiger partial charge in [0.1, 0.15) is 0 Å². The predicted octanol–water partition coefficient (Wildman–Crippen LogP) is 2.91. The molecule has 15 heavy (non-hydrogen) atoms. The van der Waals surface area contributed by atoms with Crippen molar-refractivity contribution in [3.63, 3.8) is 0 Å². The van der Waals surface area contributed by atoms with Crippen LogP contribution in [0, 0.1) is 5.92 Å². The van der Waals surface area contributed by atoms with Gasteiger partial charge in [-0.1, -0.05) is 15.9 Å². The molecule has 0 bridgehead atoms. The Morgan fingerprint density at radius 3 is 2.40 bits per heavy atom. The molecular weight excluding hydrogens is 254 g/mol. The first-order valence-electron chi connectivity index (χ1n) is 5.91. The topological polar surface area (TPSA) is 12.5 Å². The monoisotopic (exact) mass is 277 g/mol. The summed E-state index contributed by atoms with van der Waals surface area (Å²) in [7, 11) is 1.80. The van der Waals surface area contributed by atoms with Crippen LogP contribution in [0.25, 0.3) is 0 Å². The van der Waals surface area contributed by atoms with Crippen molar-refractivity contribution in [3.8, 4) is 0 Å². The second-order valence-electron chi connectivity index (χ2n) is 5.15. The number of hydrogen-bond acceptors (Lipinski definition) is 2. The van der Waals surface area contributed by atoms with Crippen LogP contribution >= 0.6 is 15.9 Å². The van der Waals surface area contributed by atoms with Crippen molar-refractivity contribution in [2.24, 2.45) is 5.92 Å². The standard InChI is InChI=1S/C12H24BrNO/c1-12(2,15-3)6-9-14-7-4-11(10-13)5-8-14/h11H,4-10H2,1-3H3. The fourth-order valence-corrected chi connectivity index (χ4v) is 2.54. The molecule has 0 aromatic rings. The highest BCUT2D eigenvalue weighted by Gasteiger charge is 2.21. The van der Waals surface area contributed by atoms with Crippen LogP contribution in [0.1, 0.15) is 33.1 Å². The fourth-order valence-electron chi connectivity index (χ4n) is 1.89. The molecule has 1 rings (SSSR count). The summed E-state index contributed by atoms with van der Waals surface area (Å²) >= 11 is 3.57. The number of likely N-dealkylation sites (tertiary alicyclic amines) is 1. The van der Waals surface area contributed by atoms with Crippen molar-refractivity contribution in [1.82, 2.24) is 4.90 Å². The van der Waals surface area contributed by atoms with Gasteiger partial charge in [0.15, 0.2) is 0 Å². The molecule has 1 heterocycles. The lowest BCUT2D eigenvalue weighted by Crippen LogP contribution is -2.38.